The number of carbonyl (C=O) groups excluding carboxylic acids is 1. The van der Waals surface area contributed by atoms with Gasteiger partial charge in [0.2, 0.25) is 5.70 Å². The zero-order valence-electron chi connectivity index (χ0n) is 16.3. The molecule has 0 aromatic heterocycles. The molecule has 31 heavy (non-hydrogen) atoms. The van der Waals surface area contributed by atoms with Gasteiger partial charge in [-0.1, -0.05) is 6.08 Å². The summed E-state index contributed by atoms with van der Waals surface area (Å²) in [5.41, 5.74) is -0.287. The Hall–Kier alpha value is 4.25. The predicted molar refractivity (Wildman–Crippen MR) is 67.6 cm³/mol. The number of nitro groups is 1. The molecule has 0 aromatic rings. The van der Waals surface area contributed by atoms with Gasteiger partial charge in [-0.2, -0.15) is 0 Å². The zero-order chi connectivity index (χ0) is 22.6. The van der Waals surface area contributed by atoms with Crippen LogP contribution in [0.4, 0.5) is 51.8 Å². The molecule has 0 N–H and O–H groups in total. The summed E-state index contributed by atoms with van der Waals surface area (Å²) in [6.07, 6.45) is 3.88. The normalized spacial score (nSPS) is 12.1. The van der Waals surface area contributed by atoms with Gasteiger partial charge in [-0.3, -0.25) is 10.1 Å². The molecule has 159 valence electrons. The molecule has 0 atom stereocenters. The van der Waals surface area contributed by atoms with Crippen molar-refractivity contribution in [3.05, 3.63) is 40.0 Å². The molecule has 0 unspecified atom stereocenters. The van der Waals surface area contributed by atoms with Crippen molar-refractivity contribution in [2.75, 3.05) is 0 Å². The molecular formula is C7H5B3F12K4NO4. The largest absolute Gasteiger partial charge is 1.00 e. The van der Waals surface area contributed by atoms with E-state index in [2.05, 4.69) is 0 Å². The maximum atomic E-state index is 10.3. The second kappa shape index (κ2) is 25.9. The Morgan fingerprint density at radius 1 is 0.774 bits per heavy atom. The van der Waals surface area contributed by atoms with Gasteiger partial charge < -0.3 is 61.7 Å². The Labute approximate surface area is 337 Å². The molecule has 0 fully saturated rings. The Morgan fingerprint density at radius 2 is 1.03 bits per heavy atom. The van der Waals surface area contributed by atoms with E-state index in [4.69, 9.17) is 0 Å². The van der Waals surface area contributed by atoms with Gasteiger partial charge in [0.25, 0.3) is 0 Å². The van der Waals surface area contributed by atoms with E-state index >= 15 is 0 Å². The molecule has 1 aliphatic rings. The molecule has 0 bridgehead atoms. The summed E-state index contributed by atoms with van der Waals surface area (Å²) in [4.78, 5) is 19.9. The van der Waals surface area contributed by atoms with Gasteiger partial charge in [-0.25, -0.2) is 0 Å². The number of aliphatic carboxylic acids is 1. The van der Waals surface area contributed by atoms with Gasteiger partial charge in [-0.15, -0.1) is 0 Å². The smallest absolute Gasteiger partial charge is 0.545 e. The number of hydrogen-bond donors (Lipinski definition) is 0. The summed E-state index contributed by atoms with van der Waals surface area (Å²) in [5, 5.41) is 20.5. The average Bonchev–Trinajstić information content (AvgIpc) is 2.32. The van der Waals surface area contributed by atoms with Crippen LogP contribution in [0, 0.1) is 16.5 Å². The van der Waals surface area contributed by atoms with E-state index in [0.717, 1.165) is 6.08 Å². The molecule has 0 heterocycles. The minimum Gasteiger partial charge on any atom is -0.545 e. The molecule has 0 spiro atoms. The predicted octanol–water partition coefficient (Wildman–Crippen LogP) is -8.65. The van der Waals surface area contributed by atoms with Crippen LogP contribution >= 0.6 is 0 Å². The maximum Gasteiger partial charge on any atom is 1.00 e. The van der Waals surface area contributed by atoms with Gasteiger partial charge in [0.1, 0.15) is 0 Å². The summed E-state index contributed by atoms with van der Waals surface area (Å²) < 4.78 is 117. The number of nitrogens with zero attached hydrogens (tertiary/aromatic N) is 1. The van der Waals surface area contributed by atoms with Crippen molar-refractivity contribution >= 4 is 27.7 Å². The third-order valence-electron chi connectivity index (χ3n) is 1.42. The van der Waals surface area contributed by atoms with Crippen LogP contribution < -0.4 is 211 Å². The van der Waals surface area contributed by atoms with E-state index in [1.54, 1.807) is 0 Å². The van der Waals surface area contributed by atoms with Crippen molar-refractivity contribution in [3.63, 3.8) is 0 Å². The molecule has 5 nitrogen and oxygen atoms in total. The first-order valence-corrected chi connectivity index (χ1v) is 5.83. The molecule has 1 rings (SSSR count). The van der Waals surface area contributed by atoms with Crippen LogP contribution in [-0.2, 0) is 4.79 Å². The van der Waals surface area contributed by atoms with Crippen LogP contribution in [-0.4, -0.2) is 32.7 Å². The molecule has 24 heteroatoms. The van der Waals surface area contributed by atoms with E-state index in [0.29, 0.717) is 0 Å². The van der Waals surface area contributed by atoms with Gasteiger partial charge in [-0.05, 0) is 12.0 Å². The summed E-state index contributed by atoms with van der Waals surface area (Å²) >= 11 is 0. The second-order valence-electron chi connectivity index (χ2n) is 3.73. The zero-order valence-corrected chi connectivity index (χ0v) is 28.8. The third kappa shape index (κ3) is 72.0. The van der Waals surface area contributed by atoms with E-state index < -0.39 is 32.7 Å². The Morgan fingerprint density at radius 3 is 1.23 bits per heavy atom. The van der Waals surface area contributed by atoms with Crippen molar-refractivity contribution in [3.8, 4) is 0 Å². The van der Waals surface area contributed by atoms with Crippen LogP contribution in [0.3, 0.4) is 0 Å². The molecule has 1 aliphatic carbocycles. The quantitative estimate of drug-likeness (QED) is 0.140. The minimum atomic E-state index is -6.00. The van der Waals surface area contributed by atoms with Crippen molar-refractivity contribution in [1.82, 2.24) is 0 Å². The molecule has 0 aromatic carbocycles. The summed E-state index contributed by atoms with van der Waals surface area (Å²) in [6.45, 7) is 0. The van der Waals surface area contributed by atoms with Gasteiger partial charge in [0.15, 0.2) is 0 Å². The Bertz CT molecular complexity index is 511. The summed E-state index contributed by atoms with van der Waals surface area (Å²) in [6, 6.07) is 0. The van der Waals surface area contributed by atoms with Crippen LogP contribution in [0.2, 0.25) is 0 Å². The maximum absolute atomic E-state index is 10.3. The van der Waals surface area contributed by atoms with Gasteiger partial charge in [0, 0.05) is 12.5 Å². The molecular weight excluding hydrogens is 579 g/mol. The van der Waals surface area contributed by atoms with Crippen LogP contribution in [0.1, 0.15) is 6.42 Å². The first-order chi connectivity index (χ1) is 11.6. The van der Waals surface area contributed by atoms with Gasteiger partial charge in [0.05, 0.1) is 10.9 Å². The van der Waals surface area contributed by atoms with Crippen LogP contribution in [0.5, 0.6) is 0 Å². The fraction of sp³-hybridized carbons (Fsp3) is 0.143. The van der Waals surface area contributed by atoms with Crippen molar-refractivity contribution in [1.29, 1.82) is 0 Å². The minimum absolute atomic E-state index is 0. The number of rotatable bonds is 2. The number of carboxylic acid groups (broad SMARTS) is 1. The van der Waals surface area contributed by atoms with E-state index in [1.165, 1.54) is 12.5 Å². The van der Waals surface area contributed by atoms with Crippen LogP contribution in [0.15, 0.2) is 23.4 Å². The standard InChI is InChI=1S/C7H6NO4.3BF4.4K/c9-7(10)5-2-1-3-6(4-5)8(11)12;3*2-1(3,4)5;;;;/h1-2,4H,3H2,(H,9,10);;;;;;;/q;3*-1;4*+1/p-1. The number of carbonyl (C=O) groups is 1. The summed E-state index contributed by atoms with van der Waals surface area (Å²) in [5.74, 6) is -1.40. The fourth-order valence-corrected chi connectivity index (χ4v) is 0.847. The second-order valence-corrected chi connectivity index (χ2v) is 3.73. The molecule has 0 saturated heterocycles. The molecule has 0 saturated carbocycles. The van der Waals surface area contributed by atoms with E-state index in [-0.39, 0.29) is 223 Å². The van der Waals surface area contributed by atoms with Crippen molar-refractivity contribution in [2.24, 2.45) is 0 Å². The van der Waals surface area contributed by atoms with Crippen molar-refractivity contribution in [2.45, 2.75) is 6.42 Å². The molecule has 0 aliphatic heterocycles. The van der Waals surface area contributed by atoms with Crippen LogP contribution in [0.25, 0.3) is 0 Å². The molecule has 1 radical (unpaired) electrons. The Balaban J connectivity index is -0.0000000525. The van der Waals surface area contributed by atoms with E-state index in [1.807, 2.05) is 0 Å². The first kappa shape index (κ1) is 51.8. The number of hydrogen-bond acceptors (Lipinski definition) is 4. The average molecular weight is 584 g/mol. The SMILES string of the molecule is F[B-](F)(F)F.F[B-](F)(F)F.F[B-](F)(F)F.O=C([O-])C1=C[CH]CC([N+](=O)[O-])=C1.[K+].[K+].[K+].[K+]. The number of allylic oxidation sites excluding steroid dienone is 2. The van der Waals surface area contributed by atoms with E-state index in [9.17, 15) is 71.8 Å². The third-order valence-corrected chi connectivity index (χ3v) is 1.42. The van der Waals surface area contributed by atoms with Crippen molar-refractivity contribution < 1.29 is 272 Å². The fourth-order valence-electron chi connectivity index (χ4n) is 0.847. The monoisotopic (exact) mass is 584 g/mol. The summed E-state index contributed by atoms with van der Waals surface area (Å²) in [7, 11) is -18.0. The molecule has 0 amide bonds. The van der Waals surface area contributed by atoms with Gasteiger partial charge >= 0.3 is 227 Å². The Kier molecular flexibility index (Phi) is 43.3. The number of carboxylic acids is 1. The topological polar surface area (TPSA) is 83.3 Å². The first-order valence-electron chi connectivity index (χ1n) is 5.83. The number of halogens is 12.